The van der Waals surface area contributed by atoms with Crippen LogP contribution in [-0.2, 0) is 4.79 Å². The number of hydrogen-bond acceptors (Lipinski definition) is 5. The van der Waals surface area contributed by atoms with E-state index in [0.29, 0.717) is 5.13 Å². The fourth-order valence-electron chi connectivity index (χ4n) is 0.566. The molecular formula is C6H10N4OS. The van der Waals surface area contributed by atoms with Gasteiger partial charge in [-0.3, -0.25) is 10.1 Å². The largest absolute Gasteiger partial charge is 0.320 e. The Labute approximate surface area is 74.0 Å². The molecule has 1 aromatic heterocycles. The predicted molar refractivity (Wildman–Crippen MR) is 46.9 cm³/mol. The number of nitrogens with one attached hydrogen (secondary N) is 1. The van der Waals surface area contributed by atoms with E-state index < -0.39 is 6.04 Å². The molecule has 1 unspecified atom stereocenters. The first-order chi connectivity index (χ1) is 5.59. The number of amides is 1. The molecule has 0 saturated carbocycles. The summed E-state index contributed by atoms with van der Waals surface area (Å²) < 4.78 is 0. The van der Waals surface area contributed by atoms with E-state index in [1.807, 2.05) is 6.92 Å². The van der Waals surface area contributed by atoms with Gasteiger partial charge in [0.1, 0.15) is 5.01 Å². The van der Waals surface area contributed by atoms with Gasteiger partial charge in [-0.05, 0) is 13.8 Å². The Morgan fingerprint density at radius 2 is 2.33 bits per heavy atom. The second kappa shape index (κ2) is 3.59. The van der Waals surface area contributed by atoms with Gasteiger partial charge in [0.15, 0.2) is 0 Å². The maximum Gasteiger partial charge on any atom is 0.242 e. The standard InChI is InChI=1S/C6H10N4OS/c1-3(7)5(11)8-6-10-9-4(2)12-6/h3H,7H2,1-2H3,(H,8,10,11). The van der Waals surface area contributed by atoms with Crippen molar-refractivity contribution in [1.29, 1.82) is 0 Å². The summed E-state index contributed by atoms with van der Waals surface area (Å²) in [6.07, 6.45) is 0. The van der Waals surface area contributed by atoms with Crippen LogP contribution in [0.25, 0.3) is 0 Å². The van der Waals surface area contributed by atoms with Gasteiger partial charge >= 0.3 is 0 Å². The Morgan fingerprint density at radius 1 is 1.67 bits per heavy atom. The fraction of sp³-hybridized carbons (Fsp3) is 0.500. The fourth-order valence-corrected chi connectivity index (χ4v) is 1.16. The van der Waals surface area contributed by atoms with Crippen molar-refractivity contribution < 1.29 is 4.79 Å². The van der Waals surface area contributed by atoms with Gasteiger partial charge in [-0.2, -0.15) is 0 Å². The van der Waals surface area contributed by atoms with Crippen LogP contribution in [-0.4, -0.2) is 22.1 Å². The summed E-state index contributed by atoms with van der Waals surface area (Å²) in [5, 5.41) is 11.3. The van der Waals surface area contributed by atoms with Gasteiger partial charge in [-0.25, -0.2) is 0 Å². The molecule has 1 aromatic rings. The van der Waals surface area contributed by atoms with Gasteiger partial charge in [0.2, 0.25) is 11.0 Å². The molecule has 0 spiro atoms. The molecule has 0 fully saturated rings. The van der Waals surface area contributed by atoms with Gasteiger partial charge < -0.3 is 5.73 Å². The second-order valence-corrected chi connectivity index (χ2v) is 3.59. The highest BCUT2D eigenvalue weighted by Gasteiger charge is 2.09. The lowest BCUT2D eigenvalue weighted by Gasteiger charge is -2.02. The van der Waals surface area contributed by atoms with E-state index in [1.165, 1.54) is 11.3 Å². The van der Waals surface area contributed by atoms with Crippen molar-refractivity contribution in [2.24, 2.45) is 5.73 Å². The normalized spacial score (nSPS) is 12.6. The van der Waals surface area contributed by atoms with Crippen LogP contribution in [0.2, 0.25) is 0 Å². The molecule has 0 aromatic carbocycles. The van der Waals surface area contributed by atoms with Crippen molar-refractivity contribution in [2.75, 3.05) is 5.32 Å². The SMILES string of the molecule is Cc1nnc(NC(=O)C(C)N)s1. The summed E-state index contributed by atoms with van der Waals surface area (Å²) >= 11 is 1.32. The van der Waals surface area contributed by atoms with Crippen LogP contribution in [0.4, 0.5) is 5.13 Å². The van der Waals surface area contributed by atoms with Crippen LogP contribution in [0.15, 0.2) is 0 Å². The molecule has 1 atom stereocenters. The van der Waals surface area contributed by atoms with Gasteiger partial charge in [-0.1, -0.05) is 11.3 Å². The minimum atomic E-state index is -0.519. The first kappa shape index (κ1) is 9.08. The predicted octanol–water partition coefficient (Wildman–Crippen LogP) is 0.132. The van der Waals surface area contributed by atoms with Crippen LogP contribution >= 0.6 is 11.3 Å². The number of aromatic nitrogens is 2. The van der Waals surface area contributed by atoms with Gasteiger partial charge in [0, 0.05) is 0 Å². The summed E-state index contributed by atoms with van der Waals surface area (Å²) in [5.41, 5.74) is 5.33. The molecule has 5 nitrogen and oxygen atoms in total. The number of carbonyl (C=O) groups excluding carboxylic acids is 1. The zero-order valence-electron chi connectivity index (χ0n) is 6.87. The number of rotatable bonds is 2. The minimum absolute atomic E-state index is 0.244. The third-order valence-corrected chi connectivity index (χ3v) is 1.92. The highest BCUT2D eigenvalue weighted by atomic mass is 32.1. The molecule has 1 amide bonds. The molecule has 0 aliphatic carbocycles. The van der Waals surface area contributed by atoms with E-state index in [2.05, 4.69) is 15.5 Å². The number of carbonyl (C=O) groups is 1. The Morgan fingerprint density at radius 3 is 2.75 bits per heavy atom. The molecule has 3 N–H and O–H groups in total. The number of anilines is 1. The van der Waals surface area contributed by atoms with Crippen molar-refractivity contribution in [3.05, 3.63) is 5.01 Å². The molecule has 0 aliphatic heterocycles. The molecule has 1 rings (SSSR count). The zero-order valence-corrected chi connectivity index (χ0v) is 7.68. The van der Waals surface area contributed by atoms with Crippen LogP contribution in [0.5, 0.6) is 0 Å². The molecule has 0 aliphatic rings. The van der Waals surface area contributed by atoms with E-state index in [9.17, 15) is 4.79 Å². The Bertz CT molecular complexity index is 283. The second-order valence-electron chi connectivity index (χ2n) is 2.40. The van der Waals surface area contributed by atoms with Crippen LogP contribution < -0.4 is 11.1 Å². The number of aryl methyl sites for hydroxylation is 1. The molecular weight excluding hydrogens is 176 g/mol. The van der Waals surface area contributed by atoms with Gasteiger partial charge in [0.05, 0.1) is 6.04 Å². The molecule has 0 saturated heterocycles. The van der Waals surface area contributed by atoms with E-state index in [0.717, 1.165) is 5.01 Å². The summed E-state index contributed by atoms with van der Waals surface area (Å²) in [6.45, 7) is 3.43. The quantitative estimate of drug-likeness (QED) is 0.688. The summed E-state index contributed by atoms with van der Waals surface area (Å²) in [5.74, 6) is -0.244. The number of nitrogens with zero attached hydrogens (tertiary/aromatic N) is 2. The third kappa shape index (κ3) is 2.24. The number of nitrogens with two attached hydrogens (primary N) is 1. The maximum atomic E-state index is 11.0. The van der Waals surface area contributed by atoms with Crippen LogP contribution in [0, 0.1) is 6.92 Å². The van der Waals surface area contributed by atoms with E-state index in [4.69, 9.17) is 5.73 Å². The highest BCUT2D eigenvalue weighted by Crippen LogP contribution is 2.13. The summed E-state index contributed by atoms with van der Waals surface area (Å²) in [6, 6.07) is -0.519. The maximum absolute atomic E-state index is 11.0. The first-order valence-electron chi connectivity index (χ1n) is 3.46. The Hall–Kier alpha value is -1.01. The van der Waals surface area contributed by atoms with Gasteiger partial charge in [-0.15, -0.1) is 10.2 Å². The van der Waals surface area contributed by atoms with Crippen molar-refractivity contribution in [1.82, 2.24) is 10.2 Å². The molecule has 6 heteroatoms. The average molecular weight is 186 g/mol. The van der Waals surface area contributed by atoms with Crippen molar-refractivity contribution >= 4 is 22.4 Å². The third-order valence-electron chi connectivity index (χ3n) is 1.17. The topological polar surface area (TPSA) is 80.9 Å². The summed E-state index contributed by atoms with van der Waals surface area (Å²) in [7, 11) is 0. The first-order valence-corrected chi connectivity index (χ1v) is 4.28. The van der Waals surface area contributed by atoms with Crippen molar-refractivity contribution in [3.63, 3.8) is 0 Å². The van der Waals surface area contributed by atoms with Crippen molar-refractivity contribution in [3.8, 4) is 0 Å². The highest BCUT2D eigenvalue weighted by molar-refractivity contribution is 7.15. The monoisotopic (exact) mass is 186 g/mol. The molecule has 0 bridgehead atoms. The summed E-state index contributed by atoms with van der Waals surface area (Å²) in [4.78, 5) is 11.0. The van der Waals surface area contributed by atoms with Crippen LogP contribution in [0.1, 0.15) is 11.9 Å². The molecule has 66 valence electrons. The van der Waals surface area contributed by atoms with Gasteiger partial charge in [0.25, 0.3) is 0 Å². The Balaban J connectivity index is 2.58. The molecule has 1 heterocycles. The van der Waals surface area contributed by atoms with Crippen molar-refractivity contribution in [2.45, 2.75) is 19.9 Å². The number of hydrogen-bond donors (Lipinski definition) is 2. The van der Waals surface area contributed by atoms with E-state index >= 15 is 0 Å². The molecule has 0 radical (unpaired) electrons. The lowest BCUT2D eigenvalue weighted by molar-refractivity contribution is -0.117. The smallest absolute Gasteiger partial charge is 0.242 e. The van der Waals surface area contributed by atoms with E-state index in [1.54, 1.807) is 6.92 Å². The molecule has 12 heavy (non-hydrogen) atoms. The minimum Gasteiger partial charge on any atom is -0.320 e. The lowest BCUT2D eigenvalue weighted by Crippen LogP contribution is -2.32. The Kier molecular flexibility index (Phi) is 2.72. The van der Waals surface area contributed by atoms with E-state index in [-0.39, 0.29) is 5.91 Å². The lowest BCUT2D eigenvalue weighted by atomic mass is 10.3. The zero-order chi connectivity index (χ0) is 9.14. The average Bonchev–Trinajstić information content (AvgIpc) is 2.35. The van der Waals surface area contributed by atoms with Crippen LogP contribution in [0.3, 0.4) is 0 Å².